The van der Waals surface area contributed by atoms with Crippen LogP contribution in [0.4, 0.5) is 11.6 Å². The van der Waals surface area contributed by atoms with Crippen LogP contribution in [0.5, 0.6) is 28.7 Å². The molecule has 5 aromatic carbocycles. The fourth-order valence-corrected chi connectivity index (χ4v) is 8.90. The van der Waals surface area contributed by atoms with Crippen molar-refractivity contribution in [3.05, 3.63) is 129 Å². The van der Waals surface area contributed by atoms with Crippen molar-refractivity contribution < 1.29 is 38.4 Å². The van der Waals surface area contributed by atoms with Gasteiger partial charge in [-0.1, -0.05) is 58.5 Å². The van der Waals surface area contributed by atoms with Gasteiger partial charge in [-0.3, -0.25) is 34.9 Å². The lowest BCUT2D eigenvalue weighted by Crippen LogP contribution is -2.25. The van der Waals surface area contributed by atoms with Gasteiger partial charge in [0.1, 0.15) is 46.4 Å². The number of carboxylic acid groups (broad SMARTS) is 1. The van der Waals surface area contributed by atoms with E-state index in [1.54, 1.807) is 36.5 Å². The van der Waals surface area contributed by atoms with Gasteiger partial charge in [0, 0.05) is 83.8 Å². The lowest BCUT2D eigenvalue weighted by molar-refractivity contribution is 0.0698. The van der Waals surface area contributed by atoms with Crippen LogP contribution in [0.1, 0.15) is 33.6 Å². The molecule has 3 aromatic heterocycles. The molecule has 0 aliphatic carbocycles. The molecule has 1 aliphatic heterocycles. The van der Waals surface area contributed by atoms with Gasteiger partial charge in [0.05, 0.1) is 70.7 Å². The summed E-state index contributed by atoms with van der Waals surface area (Å²) in [5.74, 6) is 1.27. The first-order valence-electron chi connectivity index (χ1n) is 21.3. The quantitative estimate of drug-likeness (QED) is 0.0789. The summed E-state index contributed by atoms with van der Waals surface area (Å²) in [4.78, 5) is 50.7. The Morgan fingerprint density at radius 3 is 1.54 bits per heavy atom. The SMILES string of the molecule is COc1cc(OC)c(Cl)c(-c2ccc(C(=O)Nc3ncc[nH]3)c3nccnc23)c1Cl.COc1cc(OC)c(Cl)c(-c2ccc(C(=O)O)c3nccnc23)c1Cl.Nc1ccc(OCCN2CCCC2)cc1. The first kappa shape index (κ1) is 50.7. The highest BCUT2D eigenvalue weighted by molar-refractivity contribution is 6.42. The third-order valence-corrected chi connectivity index (χ3v) is 12.4. The maximum absolute atomic E-state index is 12.8. The number of nitrogens with two attached hydrogens (primary N) is 1. The molecule has 0 bridgehead atoms. The molecule has 0 saturated carbocycles. The Hall–Kier alpha value is -7.15. The lowest BCUT2D eigenvalue weighted by atomic mass is 9.99. The zero-order valence-electron chi connectivity index (χ0n) is 38.1. The number of aromatic carboxylic acids is 1. The number of carbonyl (C=O) groups is 2. The van der Waals surface area contributed by atoms with Crippen LogP contribution in [0.25, 0.3) is 44.3 Å². The van der Waals surface area contributed by atoms with Crippen molar-refractivity contribution in [2.75, 3.05) is 65.7 Å². The number of benzene rings is 5. The molecule has 9 rings (SSSR count). The van der Waals surface area contributed by atoms with Crippen LogP contribution in [0.2, 0.25) is 20.1 Å². The first-order chi connectivity index (χ1) is 33.9. The molecule has 1 aliphatic rings. The molecule has 0 spiro atoms. The van der Waals surface area contributed by atoms with Crippen molar-refractivity contribution in [2.45, 2.75) is 12.8 Å². The van der Waals surface area contributed by atoms with Gasteiger partial charge >= 0.3 is 5.97 Å². The van der Waals surface area contributed by atoms with Crippen LogP contribution < -0.4 is 34.7 Å². The van der Waals surface area contributed by atoms with Crippen molar-refractivity contribution in [2.24, 2.45) is 0 Å². The number of nitrogens with zero attached hydrogens (tertiary/aromatic N) is 6. The normalized spacial score (nSPS) is 12.1. The Morgan fingerprint density at radius 2 is 1.10 bits per heavy atom. The van der Waals surface area contributed by atoms with Crippen LogP contribution >= 0.6 is 46.4 Å². The number of aromatic amines is 1. The molecular formula is C49H45Cl4N9O8. The smallest absolute Gasteiger partial charge is 0.337 e. The molecular weight excluding hydrogens is 984 g/mol. The van der Waals surface area contributed by atoms with Crippen molar-refractivity contribution in [3.63, 3.8) is 0 Å². The van der Waals surface area contributed by atoms with Gasteiger partial charge in [-0.15, -0.1) is 0 Å². The number of rotatable bonds is 13. The van der Waals surface area contributed by atoms with E-state index in [4.69, 9.17) is 75.8 Å². The summed E-state index contributed by atoms with van der Waals surface area (Å²) in [6.45, 7) is 4.25. The maximum atomic E-state index is 12.8. The zero-order chi connectivity index (χ0) is 49.9. The van der Waals surface area contributed by atoms with Crippen LogP contribution in [0, 0.1) is 0 Å². The number of amides is 1. The molecule has 21 heteroatoms. The summed E-state index contributed by atoms with van der Waals surface area (Å²) in [6.07, 6.45) is 11.7. The summed E-state index contributed by atoms with van der Waals surface area (Å²) >= 11 is 26.0. The molecule has 1 fully saturated rings. The van der Waals surface area contributed by atoms with Crippen LogP contribution in [-0.4, -0.2) is 106 Å². The number of hydrogen-bond donors (Lipinski definition) is 4. The number of likely N-dealkylation sites (tertiary alicyclic amines) is 1. The number of hydrogen-bond acceptors (Lipinski definition) is 14. The average Bonchev–Trinajstić information content (AvgIpc) is 4.10. The van der Waals surface area contributed by atoms with Gasteiger partial charge < -0.3 is 39.5 Å². The molecule has 0 atom stereocenters. The number of nitrogen functional groups attached to an aromatic ring is 1. The van der Waals surface area contributed by atoms with E-state index in [9.17, 15) is 14.7 Å². The Bertz CT molecular complexity index is 3090. The van der Waals surface area contributed by atoms with Gasteiger partial charge in [-0.25, -0.2) is 9.78 Å². The largest absolute Gasteiger partial charge is 0.495 e. The van der Waals surface area contributed by atoms with E-state index in [2.05, 4.69) is 40.1 Å². The molecule has 362 valence electrons. The van der Waals surface area contributed by atoms with Crippen LogP contribution in [-0.2, 0) is 0 Å². The van der Waals surface area contributed by atoms with E-state index in [0.717, 1.165) is 24.6 Å². The van der Waals surface area contributed by atoms with Gasteiger partial charge in [0.2, 0.25) is 5.95 Å². The summed E-state index contributed by atoms with van der Waals surface area (Å²) in [7, 11) is 5.95. The van der Waals surface area contributed by atoms with Gasteiger partial charge in [-0.05, 0) is 62.3 Å². The molecule has 1 saturated heterocycles. The number of H-pyrrole nitrogens is 1. The molecule has 4 heterocycles. The molecule has 70 heavy (non-hydrogen) atoms. The van der Waals surface area contributed by atoms with Crippen molar-refractivity contribution >= 4 is 92.0 Å². The van der Waals surface area contributed by atoms with Crippen molar-refractivity contribution in [3.8, 4) is 51.0 Å². The van der Waals surface area contributed by atoms with Gasteiger partial charge in [0.25, 0.3) is 5.91 Å². The highest BCUT2D eigenvalue weighted by Gasteiger charge is 2.25. The fourth-order valence-electron chi connectivity index (χ4n) is 7.49. The Balaban J connectivity index is 0.000000163. The Labute approximate surface area is 421 Å². The predicted molar refractivity (Wildman–Crippen MR) is 272 cm³/mol. The summed E-state index contributed by atoms with van der Waals surface area (Å²) < 4.78 is 26.9. The van der Waals surface area contributed by atoms with Crippen LogP contribution in [0.3, 0.4) is 0 Å². The summed E-state index contributed by atoms with van der Waals surface area (Å²) in [5, 5.41) is 13.2. The average molecular weight is 1030 g/mol. The number of aromatic nitrogens is 6. The number of carboxylic acids is 1. The lowest BCUT2D eigenvalue weighted by Gasteiger charge is -2.16. The van der Waals surface area contributed by atoms with Crippen molar-refractivity contribution in [1.82, 2.24) is 34.8 Å². The molecule has 17 nitrogen and oxygen atoms in total. The second-order valence-electron chi connectivity index (χ2n) is 15.1. The second-order valence-corrected chi connectivity index (χ2v) is 16.6. The number of imidazole rings is 1. The van der Waals surface area contributed by atoms with E-state index in [-0.39, 0.29) is 27.0 Å². The minimum Gasteiger partial charge on any atom is -0.495 e. The second kappa shape index (κ2) is 23.4. The standard InChI is InChI=1S/C20H15Cl2N5O3.C17H12Cl2N2O4.C12H18N2O/c1-29-12-9-13(30-2)16(22)14(15(12)21)10-3-4-11(18-17(10)23-5-6-24-18)19(28)27-20-25-7-8-26-20;1-24-10-7-11(25-2)14(19)12(13(10)18)8-3-4-9(17(22)23)16-15(8)20-5-6-21-16;13-11-3-5-12(6-4-11)15-10-9-14-7-1-2-8-14/h3-9H,1-2H3,(H2,25,26,27,28);3-7H,1-2H3,(H,22,23);3-6H,1-2,7-10,13H2. The van der Waals surface area contributed by atoms with Gasteiger partial charge in [-0.2, -0.15) is 0 Å². The summed E-state index contributed by atoms with van der Waals surface area (Å²) in [6, 6.07) is 17.1. The molecule has 8 aromatic rings. The minimum absolute atomic E-state index is 0.0361. The molecule has 0 radical (unpaired) electrons. The zero-order valence-corrected chi connectivity index (χ0v) is 41.1. The first-order valence-corrected chi connectivity index (χ1v) is 22.8. The van der Waals surface area contributed by atoms with Crippen molar-refractivity contribution in [1.29, 1.82) is 0 Å². The predicted octanol–water partition coefficient (Wildman–Crippen LogP) is 10.7. The molecule has 1 amide bonds. The third kappa shape index (κ3) is 11.3. The Morgan fingerprint density at radius 1 is 0.643 bits per heavy atom. The van der Waals surface area contributed by atoms with Gasteiger partial charge in [0.15, 0.2) is 0 Å². The molecule has 5 N–H and O–H groups in total. The summed E-state index contributed by atoms with van der Waals surface area (Å²) in [5.41, 5.74) is 10.2. The number of fused-ring (bicyclic) bond motifs is 2. The highest BCUT2D eigenvalue weighted by Crippen LogP contribution is 2.49. The maximum Gasteiger partial charge on any atom is 0.337 e. The number of halogens is 4. The fraction of sp³-hybridized carbons (Fsp3) is 0.204. The number of ether oxygens (including phenoxy) is 5. The number of carbonyl (C=O) groups excluding carboxylic acids is 1. The number of anilines is 2. The number of nitrogens with one attached hydrogen (secondary N) is 2. The van der Waals surface area contributed by atoms with E-state index < -0.39 is 5.97 Å². The van der Waals surface area contributed by atoms with E-state index in [1.807, 2.05) is 24.3 Å². The topological polar surface area (TPSA) is 222 Å². The number of methoxy groups -OCH3 is 4. The highest BCUT2D eigenvalue weighted by atomic mass is 35.5. The minimum atomic E-state index is -1.10. The third-order valence-electron chi connectivity index (χ3n) is 10.9. The van der Waals surface area contributed by atoms with Crippen LogP contribution in [0.15, 0.2) is 97.8 Å². The Kier molecular flexibility index (Phi) is 17.0. The van der Waals surface area contributed by atoms with E-state index in [0.29, 0.717) is 83.4 Å². The monoisotopic (exact) mass is 1030 g/mol. The molecule has 0 unspecified atom stereocenters. The van der Waals surface area contributed by atoms with E-state index in [1.165, 1.54) is 91.4 Å². The van der Waals surface area contributed by atoms with E-state index >= 15 is 0 Å².